The lowest BCUT2D eigenvalue weighted by molar-refractivity contribution is 0.0684. The highest BCUT2D eigenvalue weighted by Gasteiger charge is 2.33. The molecule has 0 unspecified atom stereocenters. The number of ether oxygens (including phenoxy) is 1. The molecule has 29 heavy (non-hydrogen) atoms. The Balaban J connectivity index is 1.32. The van der Waals surface area contributed by atoms with Crippen molar-refractivity contribution in [1.29, 1.82) is 0 Å². The number of nitrogens with zero attached hydrogens (tertiary/aromatic N) is 7. The van der Waals surface area contributed by atoms with E-state index in [0.717, 1.165) is 0 Å². The van der Waals surface area contributed by atoms with Crippen LogP contribution in [-0.4, -0.2) is 101 Å². The fraction of sp³-hybridized carbons (Fsp3) is 0.588. The fourth-order valence-electron chi connectivity index (χ4n) is 3.49. The molecule has 0 bridgehead atoms. The molecule has 0 spiro atoms. The second kappa shape index (κ2) is 8.71. The van der Waals surface area contributed by atoms with Crippen LogP contribution in [0.25, 0.3) is 5.82 Å². The lowest BCUT2D eigenvalue weighted by atomic mass is 10.3. The molecule has 2 fully saturated rings. The third-order valence-electron chi connectivity index (χ3n) is 5.17. The molecular formula is C17H25N7O4S. The van der Waals surface area contributed by atoms with E-state index in [0.29, 0.717) is 71.4 Å². The Bertz CT molecular complexity index is 962. The molecule has 0 saturated carbocycles. The third kappa shape index (κ3) is 4.56. The highest BCUT2D eigenvalue weighted by molar-refractivity contribution is 7.86. The van der Waals surface area contributed by atoms with Crippen molar-refractivity contribution in [3.05, 3.63) is 40.9 Å². The summed E-state index contributed by atoms with van der Waals surface area (Å²) >= 11 is 0. The topological polar surface area (TPSA) is 106 Å². The molecule has 4 heterocycles. The minimum atomic E-state index is -3.43. The number of hydrogen-bond donors (Lipinski definition) is 0. The average molecular weight is 423 g/mol. The lowest BCUT2D eigenvalue weighted by Gasteiger charge is -2.37. The van der Waals surface area contributed by atoms with E-state index in [4.69, 9.17) is 4.74 Å². The van der Waals surface area contributed by atoms with E-state index in [9.17, 15) is 13.2 Å². The number of piperazine rings is 1. The number of rotatable bonds is 6. The largest absolute Gasteiger partial charge is 0.379 e. The Morgan fingerprint density at radius 1 is 0.966 bits per heavy atom. The van der Waals surface area contributed by atoms with E-state index in [1.807, 2.05) is 0 Å². The molecule has 2 saturated heterocycles. The van der Waals surface area contributed by atoms with E-state index < -0.39 is 10.2 Å². The van der Waals surface area contributed by atoms with Gasteiger partial charge in [0, 0.05) is 64.3 Å². The molecule has 0 N–H and O–H groups in total. The Kier molecular flexibility index (Phi) is 6.06. The van der Waals surface area contributed by atoms with Crippen LogP contribution in [0.15, 0.2) is 35.4 Å². The first-order chi connectivity index (χ1) is 14.0. The quantitative estimate of drug-likeness (QED) is 0.564. The SMILES string of the molecule is O=c1ccc(-n2cccn2)nn1CCN1CCN(S(=O)(=O)N2CCOCC2)CC1. The maximum atomic E-state index is 12.7. The molecule has 2 aliphatic rings. The Labute approximate surface area is 169 Å². The highest BCUT2D eigenvalue weighted by Crippen LogP contribution is 2.14. The molecule has 0 radical (unpaired) electrons. The first kappa shape index (κ1) is 20.2. The van der Waals surface area contributed by atoms with Crippen LogP contribution in [0.4, 0.5) is 0 Å². The zero-order valence-corrected chi connectivity index (χ0v) is 16.9. The van der Waals surface area contributed by atoms with Gasteiger partial charge in [0.05, 0.1) is 19.8 Å². The van der Waals surface area contributed by atoms with E-state index >= 15 is 0 Å². The first-order valence-corrected chi connectivity index (χ1v) is 11.1. The summed E-state index contributed by atoms with van der Waals surface area (Å²) in [6, 6.07) is 4.92. The second-order valence-corrected chi connectivity index (χ2v) is 8.89. The van der Waals surface area contributed by atoms with Crippen molar-refractivity contribution in [2.75, 3.05) is 59.0 Å². The average Bonchev–Trinajstić information content (AvgIpc) is 3.29. The third-order valence-corrected chi connectivity index (χ3v) is 7.21. The van der Waals surface area contributed by atoms with Gasteiger partial charge in [-0.3, -0.25) is 9.69 Å². The van der Waals surface area contributed by atoms with E-state index in [-0.39, 0.29) is 5.56 Å². The van der Waals surface area contributed by atoms with Crippen molar-refractivity contribution in [3.63, 3.8) is 0 Å². The van der Waals surface area contributed by atoms with Crippen molar-refractivity contribution in [3.8, 4) is 5.82 Å². The number of morpholine rings is 1. The van der Waals surface area contributed by atoms with E-state index in [1.54, 1.807) is 29.2 Å². The first-order valence-electron chi connectivity index (χ1n) is 9.67. The van der Waals surface area contributed by atoms with Gasteiger partial charge in [0.1, 0.15) is 0 Å². The van der Waals surface area contributed by atoms with Gasteiger partial charge >= 0.3 is 0 Å². The van der Waals surface area contributed by atoms with Gasteiger partial charge < -0.3 is 4.74 Å². The van der Waals surface area contributed by atoms with Crippen molar-refractivity contribution in [1.82, 2.24) is 33.1 Å². The summed E-state index contributed by atoms with van der Waals surface area (Å²) in [5.41, 5.74) is -0.172. The van der Waals surface area contributed by atoms with Crippen molar-refractivity contribution >= 4 is 10.2 Å². The van der Waals surface area contributed by atoms with Crippen LogP contribution in [0.5, 0.6) is 0 Å². The van der Waals surface area contributed by atoms with Crippen LogP contribution in [-0.2, 0) is 21.5 Å². The van der Waals surface area contributed by atoms with Crippen LogP contribution in [0.2, 0.25) is 0 Å². The smallest absolute Gasteiger partial charge is 0.282 e. The fourth-order valence-corrected chi connectivity index (χ4v) is 5.05. The van der Waals surface area contributed by atoms with E-state index in [1.165, 1.54) is 19.4 Å². The highest BCUT2D eigenvalue weighted by atomic mass is 32.2. The summed E-state index contributed by atoms with van der Waals surface area (Å²) in [4.78, 5) is 14.3. The predicted molar refractivity (Wildman–Crippen MR) is 105 cm³/mol. The molecule has 2 aromatic heterocycles. The molecule has 11 nitrogen and oxygen atoms in total. The molecule has 12 heteroatoms. The number of hydrogen-bond acceptors (Lipinski definition) is 7. The Hall–Kier alpha value is -2.12. The second-order valence-electron chi connectivity index (χ2n) is 6.96. The van der Waals surface area contributed by atoms with Gasteiger partial charge in [-0.2, -0.15) is 22.1 Å². The lowest BCUT2D eigenvalue weighted by Crippen LogP contribution is -2.55. The van der Waals surface area contributed by atoms with Gasteiger partial charge in [0.25, 0.3) is 15.8 Å². The zero-order chi connectivity index (χ0) is 20.3. The molecule has 0 aromatic carbocycles. The van der Waals surface area contributed by atoms with Crippen molar-refractivity contribution < 1.29 is 13.2 Å². The maximum Gasteiger partial charge on any atom is 0.282 e. The predicted octanol–water partition coefficient (Wildman–Crippen LogP) is -1.38. The van der Waals surface area contributed by atoms with E-state index in [2.05, 4.69) is 15.1 Å². The van der Waals surface area contributed by atoms with Crippen molar-refractivity contribution in [2.45, 2.75) is 6.54 Å². The minimum absolute atomic E-state index is 0.172. The molecule has 4 rings (SSSR count). The summed E-state index contributed by atoms with van der Waals surface area (Å²) in [5.74, 6) is 0.580. The number of aromatic nitrogens is 4. The normalized spacial score (nSPS) is 20.1. The molecule has 0 aliphatic carbocycles. The van der Waals surface area contributed by atoms with Gasteiger partial charge in [-0.1, -0.05) is 0 Å². The van der Waals surface area contributed by atoms with Gasteiger partial charge in [-0.15, -0.1) is 5.10 Å². The molecule has 0 amide bonds. The summed E-state index contributed by atoms with van der Waals surface area (Å²) in [6.07, 6.45) is 3.42. The van der Waals surface area contributed by atoms with Crippen LogP contribution >= 0.6 is 0 Å². The Morgan fingerprint density at radius 2 is 1.69 bits per heavy atom. The van der Waals surface area contributed by atoms with Gasteiger partial charge in [0.2, 0.25) is 0 Å². The zero-order valence-electron chi connectivity index (χ0n) is 16.1. The maximum absolute atomic E-state index is 12.7. The Morgan fingerprint density at radius 3 is 2.38 bits per heavy atom. The monoisotopic (exact) mass is 423 g/mol. The molecular weight excluding hydrogens is 398 g/mol. The molecule has 158 valence electrons. The minimum Gasteiger partial charge on any atom is -0.379 e. The van der Waals surface area contributed by atoms with Crippen LogP contribution in [0.1, 0.15) is 0 Å². The molecule has 0 atom stereocenters. The van der Waals surface area contributed by atoms with Crippen LogP contribution < -0.4 is 5.56 Å². The summed E-state index contributed by atoms with van der Waals surface area (Å²) in [5, 5.41) is 8.50. The van der Waals surface area contributed by atoms with Crippen LogP contribution in [0, 0.1) is 0 Å². The summed E-state index contributed by atoms with van der Waals surface area (Å²) in [6.45, 7) is 4.88. The molecule has 2 aromatic rings. The van der Waals surface area contributed by atoms with Crippen molar-refractivity contribution in [2.24, 2.45) is 0 Å². The molecule has 2 aliphatic heterocycles. The standard InChI is InChI=1S/C17H25N7O4S/c25-17-3-2-16(23-5-1-4-18-23)19-24(17)11-8-20-6-9-21(10-7-20)29(26,27)22-12-14-28-15-13-22/h1-5H,6-15H2. The van der Waals surface area contributed by atoms with Gasteiger partial charge in [-0.05, 0) is 12.1 Å². The summed E-state index contributed by atoms with van der Waals surface area (Å²) in [7, 11) is -3.43. The van der Waals surface area contributed by atoms with Crippen LogP contribution in [0.3, 0.4) is 0 Å². The van der Waals surface area contributed by atoms with Gasteiger partial charge in [0.15, 0.2) is 5.82 Å². The van der Waals surface area contributed by atoms with Gasteiger partial charge in [-0.25, -0.2) is 9.36 Å². The summed E-state index contributed by atoms with van der Waals surface area (Å²) < 4.78 is 36.8.